The molecule has 1 N–H and O–H groups in total. The van der Waals surface area contributed by atoms with Gasteiger partial charge in [0.25, 0.3) is 0 Å². The molecule has 0 bridgehead atoms. The van der Waals surface area contributed by atoms with E-state index < -0.39 is 92.2 Å². The van der Waals surface area contributed by atoms with Crippen LogP contribution in [-0.2, 0) is 33.3 Å². The molecular formula is C28H42F9NO8. The van der Waals surface area contributed by atoms with Crippen molar-refractivity contribution in [3.8, 4) is 0 Å². The number of alkyl carbamates (subject to hydrolysis) is 1. The van der Waals surface area contributed by atoms with E-state index >= 15 is 0 Å². The number of hydrogen-bond acceptors (Lipinski definition) is 8. The summed E-state index contributed by atoms with van der Waals surface area (Å²) < 4.78 is 131. The number of hydrogen-bond donors (Lipinski definition) is 1. The van der Waals surface area contributed by atoms with Crippen LogP contribution in [0.5, 0.6) is 0 Å². The van der Waals surface area contributed by atoms with Gasteiger partial charge in [0.05, 0.1) is 58.3 Å². The van der Waals surface area contributed by atoms with Crippen LogP contribution in [0.1, 0.15) is 104 Å². The van der Waals surface area contributed by atoms with Crippen molar-refractivity contribution < 1.29 is 77.6 Å². The van der Waals surface area contributed by atoms with Crippen molar-refractivity contribution in [1.29, 1.82) is 0 Å². The van der Waals surface area contributed by atoms with Crippen LogP contribution in [0, 0.1) is 0 Å². The van der Waals surface area contributed by atoms with Gasteiger partial charge < -0.3 is 24.3 Å². The van der Waals surface area contributed by atoms with Gasteiger partial charge in [0.15, 0.2) is 0 Å². The fraction of sp³-hybridized carbons (Fsp3) is 0.857. The van der Waals surface area contributed by atoms with Gasteiger partial charge in [-0.3, -0.25) is 14.4 Å². The lowest BCUT2D eigenvalue weighted by Gasteiger charge is -2.36. The zero-order chi connectivity index (χ0) is 35.7. The maximum atomic E-state index is 12.9. The Kier molecular flexibility index (Phi) is 18.4. The number of esters is 3. The lowest BCUT2D eigenvalue weighted by atomic mass is 9.84. The van der Waals surface area contributed by atoms with E-state index in [2.05, 4.69) is 5.32 Å². The van der Waals surface area contributed by atoms with Crippen molar-refractivity contribution in [2.24, 2.45) is 0 Å². The molecule has 0 aliphatic rings. The number of nitrogens with one attached hydrogen (secondary N) is 1. The van der Waals surface area contributed by atoms with Crippen LogP contribution in [0.2, 0.25) is 0 Å². The molecule has 0 aliphatic heterocycles. The van der Waals surface area contributed by atoms with Crippen molar-refractivity contribution in [1.82, 2.24) is 5.32 Å². The molecule has 0 rings (SSSR count). The molecule has 0 fully saturated rings. The lowest BCUT2D eigenvalue weighted by molar-refractivity contribution is -0.157. The first-order valence-corrected chi connectivity index (χ1v) is 14.6. The maximum Gasteiger partial charge on any atom is 0.408 e. The van der Waals surface area contributed by atoms with Crippen molar-refractivity contribution in [2.75, 3.05) is 19.8 Å². The minimum atomic E-state index is -4.57. The first kappa shape index (κ1) is 43.0. The van der Waals surface area contributed by atoms with Crippen molar-refractivity contribution >= 4 is 24.0 Å². The van der Waals surface area contributed by atoms with E-state index in [1.807, 2.05) is 0 Å². The highest BCUT2D eigenvalue weighted by Gasteiger charge is 2.35. The van der Waals surface area contributed by atoms with E-state index in [1.54, 1.807) is 20.8 Å². The van der Waals surface area contributed by atoms with Crippen LogP contribution in [0.15, 0.2) is 0 Å². The van der Waals surface area contributed by atoms with E-state index in [0.717, 1.165) is 0 Å². The standard InChI is InChI=1S/C28H42F9NO8/c1-4-24(2,3)46-23(42)38-25(11-5-17-43-20(39)8-14-26(29,30)31,12-6-18-44-21(40)9-15-27(32,33)34)13-7-19-45-22(41)10-16-28(35,36)37/h4-19H2,1-3H3,(H,38,42). The minimum Gasteiger partial charge on any atom is -0.466 e. The smallest absolute Gasteiger partial charge is 0.408 e. The summed E-state index contributed by atoms with van der Waals surface area (Å²) in [4.78, 5) is 48.0. The quantitative estimate of drug-likeness (QED) is 0.0565. The molecule has 46 heavy (non-hydrogen) atoms. The zero-order valence-corrected chi connectivity index (χ0v) is 26.0. The largest absolute Gasteiger partial charge is 0.466 e. The zero-order valence-electron chi connectivity index (χ0n) is 26.0. The van der Waals surface area contributed by atoms with Gasteiger partial charge in [-0.05, 0) is 58.8 Å². The first-order valence-electron chi connectivity index (χ1n) is 14.6. The molecule has 0 aliphatic carbocycles. The number of halogens is 9. The van der Waals surface area contributed by atoms with Gasteiger partial charge in [0.2, 0.25) is 0 Å². The van der Waals surface area contributed by atoms with Crippen molar-refractivity contribution in [3.63, 3.8) is 0 Å². The molecule has 0 aromatic rings. The van der Waals surface area contributed by atoms with Crippen LogP contribution in [0.4, 0.5) is 44.3 Å². The topological polar surface area (TPSA) is 117 Å². The SMILES string of the molecule is CCC(C)(C)OC(=O)NC(CCCOC(=O)CCC(F)(F)F)(CCCOC(=O)CCC(F)(F)F)CCCOC(=O)CCC(F)(F)F. The molecule has 18 heteroatoms. The summed E-state index contributed by atoms with van der Waals surface area (Å²) in [6.45, 7) is 3.93. The first-order chi connectivity index (χ1) is 21.0. The van der Waals surface area contributed by atoms with Gasteiger partial charge in [0, 0.05) is 5.54 Å². The van der Waals surface area contributed by atoms with Crippen LogP contribution >= 0.6 is 0 Å². The molecule has 0 aromatic carbocycles. The Hall–Kier alpha value is -2.95. The Balaban J connectivity index is 5.63. The normalized spacial score (nSPS) is 12.8. The third kappa shape index (κ3) is 24.3. The Bertz CT molecular complexity index is 858. The number of amides is 1. The number of alkyl halides is 9. The second-order valence-corrected chi connectivity index (χ2v) is 11.2. The third-order valence-corrected chi connectivity index (χ3v) is 6.61. The summed E-state index contributed by atoms with van der Waals surface area (Å²) in [6, 6.07) is 0. The molecule has 0 aromatic heterocycles. The summed E-state index contributed by atoms with van der Waals surface area (Å²) in [5.74, 6) is -3.34. The van der Waals surface area contributed by atoms with E-state index in [1.165, 1.54) is 0 Å². The van der Waals surface area contributed by atoms with Crippen LogP contribution in [0.3, 0.4) is 0 Å². The number of rotatable bonds is 21. The minimum absolute atomic E-state index is 0.00799. The predicted molar refractivity (Wildman–Crippen MR) is 143 cm³/mol. The molecule has 0 saturated carbocycles. The summed E-state index contributed by atoms with van der Waals surface area (Å²) >= 11 is 0. The van der Waals surface area contributed by atoms with Gasteiger partial charge in [0.1, 0.15) is 5.60 Å². The molecule has 0 unspecified atom stereocenters. The number of ether oxygens (including phenoxy) is 4. The Labute approximate surface area is 261 Å². The third-order valence-electron chi connectivity index (χ3n) is 6.61. The summed E-state index contributed by atoms with van der Waals surface area (Å²) in [6.07, 6.45) is -21.2. The van der Waals surface area contributed by atoms with E-state index in [0.29, 0.717) is 6.42 Å². The fourth-order valence-electron chi connectivity index (χ4n) is 3.87. The highest BCUT2D eigenvalue weighted by molar-refractivity contribution is 5.70. The molecule has 0 spiro atoms. The summed E-state index contributed by atoms with van der Waals surface area (Å²) in [5.41, 5.74) is -2.21. The van der Waals surface area contributed by atoms with Crippen LogP contribution in [-0.4, -0.2) is 73.5 Å². The number of carbonyl (C=O) groups excluding carboxylic acids is 4. The molecule has 270 valence electrons. The highest BCUT2D eigenvalue weighted by atomic mass is 19.4. The highest BCUT2D eigenvalue weighted by Crippen LogP contribution is 2.28. The Morgan fingerprint density at radius 2 is 0.848 bits per heavy atom. The molecule has 0 heterocycles. The Morgan fingerprint density at radius 3 is 1.11 bits per heavy atom. The Morgan fingerprint density at radius 1 is 0.543 bits per heavy atom. The molecular weight excluding hydrogens is 649 g/mol. The summed E-state index contributed by atoms with van der Waals surface area (Å²) in [5, 5.41) is 2.69. The molecule has 0 saturated heterocycles. The van der Waals surface area contributed by atoms with E-state index in [9.17, 15) is 58.7 Å². The van der Waals surface area contributed by atoms with Crippen molar-refractivity contribution in [3.05, 3.63) is 0 Å². The number of carbonyl (C=O) groups is 4. The second kappa shape index (κ2) is 19.7. The summed E-state index contributed by atoms with van der Waals surface area (Å²) in [7, 11) is 0. The van der Waals surface area contributed by atoms with Crippen LogP contribution < -0.4 is 5.32 Å². The van der Waals surface area contributed by atoms with Gasteiger partial charge in [-0.25, -0.2) is 4.79 Å². The second-order valence-electron chi connectivity index (χ2n) is 11.2. The lowest BCUT2D eigenvalue weighted by Crippen LogP contribution is -2.51. The van der Waals surface area contributed by atoms with E-state index in [4.69, 9.17) is 18.9 Å². The molecule has 9 nitrogen and oxygen atoms in total. The molecule has 0 radical (unpaired) electrons. The predicted octanol–water partition coefficient (Wildman–Crippen LogP) is 7.64. The van der Waals surface area contributed by atoms with Crippen molar-refractivity contribution in [2.45, 2.75) is 134 Å². The van der Waals surface area contributed by atoms with Gasteiger partial charge >= 0.3 is 42.5 Å². The maximum absolute atomic E-state index is 12.9. The molecule has 1 amide bonds. The average molecular weight is 692 g/mol. The average Bonchev–Trinajstić information content (AvgIpc) is 2.91. The molecule has 0 atom stereocenters. The van der Waals surface area contributed by atoms with Gasteiger partial charge in [-0.2, -0.15) is 39.5 Å². The van der Waals surface area contributed by atoms with Gasteiger partial charge in [-0.15, -0.1) is 0 Å². The fourth-order valence-corrected chi connectivity index (χ4v) is 3.87. The van der Waals surface area contributed by atoms with E-state index in [-0.39, 0.29) is 58.3 Å². The monoisotopic (exact) mass is 691 g/mol. The van der Waals surface area contributed by atoms with Crippen LogP contribution in [0.25, 0.3) is 0 Å². The van der Waals surface area contributed by atoms with Gasteiger partial charge in [-0.1, -0.05) is 6.92 Å².